The van der Waals surface area contributed by atoms with Crippen LogP contribution in [-0.4, -0.2) is 14.3 Å². The number of primary sulfonamides is 1. The SMILES string of the molecule is NS(=O)(=O)c1ccc(NC(=O)Cc2ccc(Oc3c(Cl)cccc3Cl)c(Cl)c2)cc1. The second kappa shape index (κ2) is 9.24. The van der Waals surface area contributed by atoms with Gasteiger partial charge in [0.15, 0.2) is 5.75 Å². The lowest BCUT2D eigenvalue weighted by Gasteiger charge is -2.12. The van der Waals surface area contributed by atoms with E-state index in [1.54, 1.807) is 36.4 Å². The third-order valence-electron chi connectivity index (χ3n) is 3.96. The molecule has 0 bridgehead atoms. The Kier molecular flexibility index (Phi) is 6.90. The van der Waals surface area contributed by atoms with Crippen LogP contribution in [-0.2, 0) is 21.2 Å². The van der Waals surface area contributed by atoms with Gasteiger partial charge in [0, 0.05) is 5.69 Å². The number of carbonyl (C=O) groups excluding carboxylic acids is 1. The summed E-state index contributed by atoms with van der Waals surface area (Å²) in [5.41, 5.74) is 1.09. The van der Waals surface area contributed by atoms with Crippen LogP contribution in [0.5, 0.6) is 11.5 Å². The van der Waals surface area contributed by atoms with E-state index in [4.69, 9.17) is 44.7 Å². The second-order valence-corrected chi connectivity index (χ2v) is 8.99. The van der Waals surface area contributed by atoms with Crippen molar-refractivity contribution >= 4 is 56.4 Å². The summed E-state index contributed by atoms with van der Waals surface area (Å²) in [6.07, 6.45) is 0.0454. The Morgan fingerprint density at radius 3 is 2.13 bits per heavy atom. The minimum absolute atomic E-state index is 0.0403. The fraction of sp³-hybridized carbons (Fsp3) is 0.0500. The zero-order valence-electron chi connectivity index (χ0n) is 15.2. The summed E-state index contributed by atoms with van der Waals surface area (Å²) in [7, 11) is -3.79. The first-order valence-corrected chi connectivity index (χ1v) is 11.1. The van der Waals surface area contributed by atoms with Crippen LogP contribution in [0.3, 0.4) is 0 Å². The molecule has 0 spiro atoms. The van der Waals surface area contributed by atoms with Crippen molar-refractivity contribution in [1.29, 1.82) is 0 Å². The van der Waals surface area contributed by atoms with E-state index in [9.17, 15) is 13.2 Å². The van der Waals surface area contributed by atoms with Crippen molar-refractivity contribution in [3.8, 4) is 11.5 Å². The molecule has 3 N–H and O–H groups in total. The Bertz CT molecular complexity index is 1180. The van der Waals surface area contributed by atoms with Gasteiger partial charge in [0.25, 0.3) is 0 Å². The molecule has 0 heterocycles. The predicted octanol–water partition coefficient (Wildman–Crippen LogP) is 5.27. The lowest BCUT2D eigenvalue weighted by molar-refractivity contribution is -0.115. The van der Waals surface area contributed by atoms with Crippen LogP contribution in [0.2, 0.25) is 15.1 Å². The average Bonchev–Trinajstić information content (AvgIpc) is 2.66. The van der Waals surface area contributed by atoms with Gasteiger partial charge < -0.3 is 10.1 Å². The Labute approximate surface area is 188 Å². The second-order valence-electron chi connectivity index (χ2n) is 6.21. The molecule has 0 unspecified atom stereocenters. The Balaban J connectivity index is 1.67. The van der Waals surface area contributed by atoms with Gasteiger partial charge in [-0.1, -0.05) is 46.9 Å². The highest BCUT2D eigenvalue weighted by Gasteiger charge is 2.13. The van der Waals surface area contributed by atoms with Gasteiger partial charge in [0.1, 0.15) is 5.75 Å². The van der Waals surface area contributed by atoms with E-state index >= 15 is 0 Å². The largest absolute Gasteiger partial charge is 0.453 e. The summed E-state index contributed by atoms with van der Waals surface area (Å²) in [4.78, 5) is 12.2. The Morgan fingerprint density at radius 1 is 0.933 bits per heavy atom. The Morgan fingerprint density at radius 2 is 1.57 bits per heavy atom. The summed E-state index contributed by atoms with van der Waals surface area (Å²) in [6.45, 7) is 0. The van der Waals surface area contributed by atoms with Gasteiger partial charge in [0.05, 0.1) is 26.4 Å². The van der Waals surface area contributed by atoms with Crippen LogP contribution in [0.1, 0.15) is 5.56 Å². The summed E-state index contributed by atoms with van der Waals surface area (Å²) < 4.78 is 28.3. The van der Waals surface area contributed by atoms with Gasteiger partial charge in [0.2, 0.25) is 15.9 Å². The van der Waals surface area contributed by atoms with E-state index in [0.29, 0.717) is 27.0 Å². The highest BCUT2D eigenvalue weighted by molar-refractivity contribution is 7.89. The van der Waals surface area contributed by atoms with E-state index in [1.165, 1.54) is 24.3 Å². The fourth-order valence-electron chi connectivity index (χ4n) is 2.55. The normalized spacial score (nSPS) is 11.2. The molecule has 0 saturated carbocycles. The standard InChI is InChI=1S/C20H15Cl3N2O4S/c21-15-2-1-3-16(22)20(15)29-18-9-4-12(10-17(18)23)11-19(26)25-13-5-7-14(8-6-13)30(24,27)28/h1-10H,11H2,(H,25,26)(H2,24,27,28). The van der Waals surface area contributed by atoms with Crippen molar-refractivity contribution in [2.24, 2.45) is 5.14 Å². The molecule has 0 atom stereocenters. The number of rotatable bonds is 6. The molecule has 0 saturated heterocycles. The van der Waals surface area contributed by atoms with Crippen LogP contribution in [0, 0.1) is 0 Å². The highest BCUT2D eigenvalue weighted by Crippen LogP contribution is 2.38. The molecular formula is C20H15Cl3N2O4S. The van der Waals surface area contributed by atoms with Crippen LogP contribution < -0.4 is 15.2 Å². The topological polar surface area (TPSA) is 98.5 Å². The van der Waals surface area contributed by atoms with E-state index in [1.807, 2.05) is 0 Å². The molecule has 0 aliphatic carbocycles. The molecule has 0 aliphatic rings. The number of nitrogens with two attached hydrogens (primary N) is 1. The summed E-state index contributed by atoms with van der Waals surface area (Å²) in [6, 6.07) is 15.4. The first-order chi connectivity index (χ1) is 14.1. The molecule has 10 heteroatoms. The van der Waals surface area contributed by atoms with E-state index in [2.05, 4.69) is 5.32 Å². The number of benzene rings is 3. The van der Waals surface area contributed by atoms with Gasteiger partial charge in [-0.25, -0.2) is 13.6 Å². The lowest BCUT2D eigenvalue weighted by atomic mass is 10.1. The van der Waals surface area contributed by atoms with Crippen molar-refractivity contribution < 1.29 is 17.9 Å². The first-order valence-electron chi connectivity index (χ1n) is 8.46. The van der Waals surface area contributed by atoms with E-state index in [0.717, 1.165) is 0 Å². The summed E-state index contributed by atoms with van der Waals surface area (Å²) in [5, 5.41) is 8.70. The number of halogens is 3. The molecule has 30 heavy (non-hydrogen) atoms. The average molecular weight is 486 g/mol. The summed E-state index contributed by atoms with van der Waals surface area (Å²) in [5.74, 6) is 0.322. The smallest absolute Gasteiger partial charge is 0.238 e. The van der Waals surface area contributed by atoms with Crippen molar-refractivity contribution in [3.05, 3.63) is 81.3 Å². The third kappa shape index (κ3) is 5.65. The number of nitrogens with one attached hydrogen (secondary N) is 1. The first kappa shape index (κ1) is 22.4. The number of ether oxygens (including phenoxy) is 1. The van der Waals surface area contributed by atoms with Crippen molar-refractivity contribution in [1.82, 2.24) is 0 Å². The molecule has 6 nitrogen and oxygen atoms in total. The number of carbonyl (C=O) groups is 1. The number of sulfonamides is 1. The van der Waals surface area contributed by atoms with E-state index in [-0.39, 0.29) is 28.0 Å². The lowest BCUT2D eigenvalue weighted by Crippen LogP contribution is -2.15. The van der Waals surface area contributed by atoms with Crippen LogP contribution in [0.15, 0.2) is 65.6 Å². The van der Waals surface area contributed by atoms with Crippen molar-refractivity contribution in [2.45, 2.75) is 11.3 Å². The third-order valence-corrected chi connectivity index (χ3v) is 5.78. The molecule has 0 radical (unpaired) electrons. The van der Waals surface area contributed by atoms with E-state index < -0.39 is 10.0 Å². The maximum atomic E-state index is 12.3. The molecule has 156 valence electrons. The number of amides is 1. The van der Waals surface area contributed by atoms with Crippen LogP contribution >= 0.6 is 34.8 Å². The predicted molar refractivity (Wildman–Crippen MR) is 118 cm³/mol. The minimum Gasteiger partial charge on any atom is -0.453 e. The maximum absolute atomic E-state index is 12.3. The molecular weight excluding hydrogens is 471 g/mol. The molecule has 3 aromatic rings. The molecule has 0 fully saturated rings. The zero-order chi connectivity index (χ0) is 21.9. The minimum atomic E-state index is -3.79. The molecule has 3 aromatic carbocycles. The Hall–Kier alpha value is -2.29. The molecule has 0 aromatic heterocycles. The van der Waals surface area contributed by atoms with Gasteiger partial charge in [-0.15, -0.1) is 0 Å². The maximum Gasteiger partial charge on any atom is 0.238 e. The van der Waals surface area contributed by atoms with Gasteiger partial charge in [-0.05, 0) is 54.1 Å². The number of para-hydroxylation sites is 1. The number of hydrogen-bond acceptors (Lipinski definition) is 4. The van der Waals surface area contributed by atoms with Crippen molar-refractivity contribution in [2.75, 3.05) is 5.32 Å². The zero-order valence-corrected chi connectivity index (χ0v) is 18.3. The van der Waals surface area contributed by atoms with Gasteiger partial charge in [-0.2, -0.15) is 0 Å². The van der Waals surface area contributed by atoms with Crippen LogP contribution in [0.4, 0.5) is 5.69 Å². The fourth-order valence-corrected chi connectivity index (χ4v) is 3.78. The van der Waals surface area contributed by atoms with Gasteiger partial charge in [-0.3, -0.25) is 4.79 Å². The number of anilines is 1. The quantitative estimate of drug-likeness (QED) is 0.497. The monoisotopic (exact) mass is 484 g/mol. The van der Waals surface area contributed by atoms with Crippen molar-refractivity contribution in [3.63, 3.8) is 0 Å². The van der Waals surface area contributed by atoms with Gasteiger partial charge >= 0.3 is 0 Å². The molecule has 0 aliphatic heterocycles. The molecule has 3 rings (SSSR count). The highest BCUT2D eigenvalue weighted by atomic mass is 35.5. The van der Waals surface area contributed by atoms with Crippen LogP contribution in [0.25, 0.3) is 0 Å². The summed E-state index contributed by atoms with van der Waals surface area (Å²) >= 11 is 18.5. The molecule has 1 amide bonds. The number of hydrogen-bond donors (Lipinski definition) is 2.